The van der Waals surface area contributed by atoms with E-state index in [0.29, 0.717) is 25.8 Å². The lowest BCUT2D eigenvalue weighted by Gasteiger charge is -2.38. The molecule has 0 bridgehead atoms. The fraction of sp³-hybridized carbons (Fsp3) is 0.409. The van der Waals surface area contributed by atoms with Crippen molar-refractivity contribution in [3.05, 3.63) is 66.2 Å². The van der Waals surface area contributed by atoms with Gasteiger partial charge in [-0.1, -0.05) is 48.5 Å². The minimum atomic E-state index is -3.84. The molecule has 2 aromatic carbocycles. The molecule has 8 heteroatoms. The third-order valence-electron chi connectivity index (χ3n) is 4.99. The van der Waals surface area contributed by atoms with Gasteiger partial charge in [0.15, 0.2) is 0 Å². The molecule has 1 heterocycles. The van der Waals surface area contributed by atoms with Gasteiger partial charge in [-0.2, -0.15) is 17.4 Å². The number of nitrogens with zero attached hydrogens (tertiary/aromatic N) is 1. The SMILES string of the molecule is CCOC(=O)CNS(=O)(=O)N1CCC(Oc2ccccc2)CC1Cc1ccccc1. The summed E-state index contributed by atoms with van der Waals surface area (Å²) in [5.74, 6) is 0.181. The Balaban J connectivity index is 1.73. The summed E-state index contributed by atoms with van der Waals surface area (Å²) in [6.07, 6.45) is 1.61. The van der Waals surface area contributed by atoms with Crippen LogP contribution in [0.2, 0.25) is 0 Å². The third-order valence-corrected chi connectivity index (χ3v) is 6.59. The molecule has 0 amide bonds. The van der Waals surface area contributed by atoms with E-state index >= 15 is 0 Å². The summed E-state index contributed by atoms with van der Waals surface area (Å²) >= 11 is 0. The van der Waals surface area contributed by atoms with Gasteiger partial charge in [0, 0.05) is 19.0 Å². The second-order valence-electron chi connectivity index (χ2n) is 7.16. The number of hydrogen-bond donors (Lipinski definition) is 1. The summed E-state index contributed by atoms with van der Waals surface area (Å²) in [6, 6.07) is 19.0. The van der Waals surface area contributed by atoms with Crippen molar-refractivity contribution in [2.75, 3.05) is 19.7 Å². The first-order chi connectivity index (χ1) is 14.5. The van der Waals surface area contributed by atoms with Crippen molar-refractivity contribution < 1.29 is 22.7 Å². The molecular formula is C22H28N2O5S. The third kappa shape index (κ3) is 6.29. The summed E-state index contributed by atoms with van der Waals surface area (Å²) in [4.78, 5) is 11.6. The lowest BCUT2D eigenvalue weighted by Crippen LogP contribution is -2.54. The van der Waals surface area contributed by atoms with Crippen molar-refractivity contribution >= 4 is 16.2 Å². The zero-order valence-electron chi connectivity index (χ0n) is 17.1. The molecule has 30 heavy (non-hydrogen) atoms. The number of benzene rings is 2. The van der Waals surface area contributed by atoms with E-state index in [0.717, 1.165) is 11.3 Å². The van der Waals surface area contributed by atoms with Gasteiger partial charge in [-0.05, 0) is 37.5 Å². The molecule has 0 aliphatic carbocycles. The average molecular weight is 433 g/mol. The monoisotopic (exact) mass is 432 g/mol. The van der Waals surface area contributed by atoms with Crippen molar-refractivity contribution in [3.8, 4) is 5.75 Å². The number of nitrogens with one attached hydrogen (secondary N) is 1. The number of carbonyl (C=O) groups is 1. The van der Waals surface area contributed by atoms with E-state index in [2.05, 4.69) is 4.72 Å². The maximum Gasteiger partial charge on any atom is 0.321 e. The van der Waals surface area contributed by atoms with Gasteiger partial charge in [0.1, 0.15) is 18.4 Å². The zero-order valence-corrected chi connectivity index (χ0v) is 17.9. The fourth-order valence-electron chi connectivity index (χ4n) is 3.62. The maximum atomic E-state index is 12.9. The number of rotatable bonds is 9. The van der Waals surface area contributed by atoms with Crippen LogP contribution in [0.25, 0.3) is 0 Å². The van der Waals surface area contributed by atoms with Gasteiger partial charge in [-0.3, -0.25) is 4.79 Å². The van der Waals surface area contributed by atoms with E-state index in [1.165, 1.54) is 4.31 Å². The Bertz CT molecular complexity index is 906. The summed E-state index contributed by atoms with van der Waals surface area (Å²) in [5.41, 5.74) is 1.05. The predicted octanol–water partition coefficient (Wildman–Crippen LogP) is 2.54. The molecule has 2 unspecified atom stereocenters. The average Bonchev–Trinajstić information content (AvgIpc) is 2.74. The molecule has 1 saturated heterocycles. The highest BCUT2D eigenvalue weighted by Gasteiger charge is 2.37. The van der Waals surface area contributed by atoms with E-state index in [1.807, 2.05) is 60.7 Å². The van der Waals surface area contributed by atoms with Crippen molar-refractivity contribution in [1.29, 1.82) is 0 Å². The fourth-order valence-corrected chi connectivity index (χ4v) is 4.99. The van der Waals surface area contributed by atoms with Crippen LogP contribution in [0.1, 0.15) is 25.3 Å². The molecule has 0 spiro atoms. The molecule has 1 aliphatic heterocycles. The molecule has 7 nitrogen and oxygen atoms in total. The largest absolute Gasteiger partial charge is 0.490 e. The quantitative estimate of drug-likeness (QED) is 0.616. The molecule has 3 rings (SSSR count). The zero-order chi connectivity index (χ0) is 21.4. The van der Waals surface area contributed by atoms with Crippen molar-refractivity contribution in [3.63, 3.8) is 0 Å². The number of carbonyl (C=O) groups excluding carboxylic acids is 1. The Morgan fingerprint density at radius 3 is 2.43 bits per heavy atom. The Kier molecular flexibility index (Phi) is 7.84. The minimum absolute atomic E-state index is 0.0855. The first-order valence-electron chi connectivity index (χ1n) is 10.2. The van der Waals surface area contributed by atoms with Crippen molar-refractivity contribution in [2.45, 2.75) is 38.3 Å². The lowest BCUT2D eigenvalue weighted by molar-refractivity contribution is -0.141. The Hall–Kier alpha value is -2.42. The number of piperidine rings is 1. The van der Waals surface area contributed by atoms with Gasteiger partial charge in [0.25, 0.3) is 10.2 Å². The smallest absolute Gasteiger partial charge is 0.321 e. The van der Waals surface area contributed by atoms with Crippen LogP contribution < -0.4 is 9.46 Å². The first-order valence-corrected chi connectivity index (χ1v) is 11.6. The second-order valence-corrected chi connectivity index (χ2v) is 8.87. The molecule has 0 saturated carbocycles. The first kappa shape index (κ1) is 22.3. The van der Waals surface area contributed by atoms with E-state index < -0.39 is 16.2 Å². The molecule has 2 aromatic rings. The number of hydrogen-bond acceptors (Lipinski definition) is 5. The molecule has 1 aliphatic rings. The van der Waals surface area contributed by atoms with Crippen LogP contribution in [0.5, 0.6) is 5.75 Å². The van der Waals surface area contributed by atoms with E-state index in [9.17, 15) is 13.2 Å². The maximum absolute atomic E-state index is 12.9. The molecule has 162 valence electrons. The van der Waals surface area contributed by atoms with Crippen molar-refractivity contribution in [2.24, 2.45) is 0 Å². The summed E-state index contributed by atoms with van der Waals surface area (Å²) in [6.45, 7) is 1.82. The molecule has 1 N–H and O–H groups in total. The van der Waals surface area contributed by atoms with Crippen LogP contribution in [0.3, 0.4) is 0 Å². The standard InChI is InChI=1S/C22H28N2O5S/c1-2-28-22(25)17-23-30(26,27)24-14-13-21(29-20-11-7-4-8-12-20)16-19(24)15-18-9-5-3-6-10-18/h3-12,19,21,23H,2,13-17H2,1H3. The Morgan fingerprint density at radius 1 is 1.10 bits per heavy atom. The van der Waals surface area contributed by atoms with Crippen LogP contribution in [0, 0.1) is 0 Å². The number of para-hydroxylation sites is 1. The van der Waals surface area contributed by atoms with Crippen LogP contribution in [0.15, 0.2) is 60.7 Å². The van der Waals surface area contributed by atoms with Crippen LogP contribution in [0.4, 0.5) is 0 Å². The normalized spacial score (nSPS) is 19.9. The lowest BCUT2D eigenvalue weighted by atomic mass is 9.95. The van der Waals surface area contributed by atoms with Crippen LogP contribution in [-0.4, -0.2) is 50.5 Å². The highest BCUT2D eigenvalue weighted by atomic mass is 32.2. The Labute approximate surface area is 178 Å². The van der Waals surface area contributed by atoms with Crippen LogP contribution in [-0.2, 0) is 26.2 Å². The van der Waals surface area contributed by atoms with Gasteiger partial charge >= 0.3 is 5.97 Å². The number of esters is 1. The van der Waals surface area contributed by atoms with Gasteiger partial charge in [0.05, 0.1) is 6.61 Å². The highest BCUT2D eigenvalue weighted by molar-refractivity contribution is 7.87. The van der Waals surface area contributed by atoms with E-state index in [4.69, 9.17) is 9.47 Å². The number of ether oxygens (including phenoxy) is 2. The summed E-state index contributed by atoms with van der Waals surface area (Å²) in [7, 11) is -3.84. The second kappa shape index (κ2) is 10.6. The van der Waals surface area contributed by atoms with E-state index in [1.54, 1.807) is 6.92 Å². The topological polar surface area (TPSA) is 84.9 Å². The summed E-state index contributed by atoms with van der Waals surface area (Å²) < 4.78 is 40.6. The molecule has 2 atom stereocenters. The van der Waals surface area contributed by atoms with Gasteiger partial charge in [0.2, 0.25) is 0 Å². The molecule has 0 radical (unpaired) electrons. The van der Waals surface area contributed by atoms with Gasteiger partial charge < -0.3 is 9.47 Å². The molecule has 0 aromatic heterocycles. The minimum Gasteiger partial charge on any atom is -0.490 e. The summed E-state index contributed by atoms with van der Waals surface area (Å²) in [5, 5.41) is 0. The molecular weight excluding hydrogens is 404 g/mol. The Morgan fingerprint density at radius 2 is 1.77 bits per heavy atom. The van der Waals surface area contributed by atoms with Crippen molar-refractivity contribution in [1.82, 2.24) is 9.03 Å². The van der Waals surface area contributed by atoms with Crippen LogP contribution >= 0.6 is 0 Å². The molecule has 1 fully saturated rings. The highest BCUT2D eigenvalue weighted by Crippen LogP contribution is 2.26. The van der Waals surface area contributed by atoms with Gasteiger partial charge in [-0.25, -0.2) is 0 Å². The predicted molar refractivity (Wildman–Crippen MR) is 114 cm³/mol. The van der Waals surface area contributed by atoms with Gasteiger partial charge in [-0.15, -0.1) is 0 Å². The van der Waals surface area contributed by atoms with E-state index in [-0.39, 0.29) is 25.3 Å².